The van der Waals surface area contributed by atoms with Gasteiger partial charge in [-0.3, -0.25) is 19.4 Å². The molecule has 2 rings (SSSR count). The zero-order valence-electron chi connectivity index (χ0n) is 20.5. The summed E-state index contributed by atoms with van der Waals surface area (Å²) >= 11 is 0. The van der Waals surface area contributed by atoms with Gasteiger partial charge in [0.15, 0.2) is 5.96 Å². The van der Waals surface area contributed by atoms with Crippen molar-refractivity contribution in [2.75, 3.05) is 13.2 Å². The fourth-order valence-electron chi connectivity index (χ4n) is 3.32. The Bertz CT molecular complexity index is 1070. The quantitative estimate of drug-likeness (QED) is 0.0558. The molecule has 0 aliphatic heterocycles. The van der Waals surface area contributed by atoms with Crippen LogP contribution in [-0.2, 0) is 32.0 Å². The first kappa shape index (κ1) is 29.7. The second-order valence-electron chi connectivity index (χ2n) is 8.32. The number of guanidine groups is 1. The molecule has 0 radical (unpaired) electrons. The summed E-state index contributed by atoms with van der Waals surface area (Å²) in [6, 6.07) is -4.99. The second kappa shape index (κ2) is 14.9. The Labute approximate surface area is 217 Å². The fraction of sp³-hybridized carbons (Fsp3) is 0.476. The summed E-state index contributed by atoms with van der Waals surface area (Å²) in [5, 5.41) is 26.2. The molecule has 0 aromatic carbocycles. The molecule has 0 bridgehead atoms. The van der Waals surface area contributed by atoms with Crippen molar-refractivity contribution in [1.29, 1.82) is 0 Å². The number of aliphatic carboxylic acids is 1. The van der Waals surface area contributed by atoms with Gasteiger partial charge in [-0.15, -0.1) is 0 Å². The number of carbonyl (C=O) groups is 4. The highest BCUT2D eigenvalue weighted by Gasteiger charge is 2.31. The summed E-state index contributed by atoms with van der Waals surface area (Å²) in [6.07, 6.45) is 5.88. The Balaban J connectivity index is 2.19. The number of amides is 3. The van der Waals surface area contributed by atoms with Crippen LogP contribution in [-0.4, -0.2) is 97.1 Å². The number of hydrogen-bond donors (Lipinski definition) is 10. The van der Waals surface area contributed by atoms with Crippen molar-refractivity contribution >= 4 is 29.7 Å². The van der Waals surface area contributed by atoms with Crippen LogP contribution in [0.3, 0.4) is 0 Å². The third kappa shape index (κ3) is 9.86. The summed E-state index contributed by atoms with van der Waals surface area (Å²) in [7, 11) is 0. The molecule has 0 fully saturated rings. The van der Waals surface area contributed by atoms with Gasteiger partial charge < -0.3 is 53.3 Å². The van der Waals surface area contributed by atoms with Crippen molar-refractivity contribution in [3.05, 3.63) is 36.4 Å². The molecule has 0 aliphatic carbocycles. The van der Waals surface area contributed by atoms with Gasteiger partial charge in [0.1, 0.15) is 24.2 Å². The number of aliphatic hydroxyl groups excluding tert-OH is 1. The van der Waals surface area contributed by atoms with Gasteiger partial charge in [-0.1, -0.05) is 0 Å². The van der Waals surface area contributed by atoms with Crippen molar-refractivity contribution in [2.45, 2.75) is 49.9 Å². The van der Waals surface area contributed by atoms with E-state index in [1.807, 2.05) is 0 Å². The van der Waals surface area contributed by atoms with Gasteiger partial charge in [-0.2, -0.15) is 0 Å². The largest absolute Gasteiger partial charge is 0.480 e. The van der Waals surface area contributed by atoms with Gasteiger partial charge in [0.25, 0.3) is 0 Å². The number of aliphatic hydroxyl groups is 1. The SMILES string of the molecule is NC(N)=NCCCC(NC(=O)C(Cc1cnc[nH]1)NC(=O)C(Cc1cnc[nH]1)NC(=O)C(N)CO)C(=O)O. The predicted octanol–water partition coefficient (Wildman–Crippen LogP) is -4.17. The molecule has 17 nitrogen and oxygen atoms in total. The number of nitrogens with one attached hydrogen (secondary N) is 5. The predicted molar refractivity (Wildman–Crippen MR) is 133 cm³/mol. The van der Waals surface area contributed by atoms with Crippen LogP contribution in [0.1, 0.15) is 24.2 Å². The van der Waals surface area contributed by atoms with Gasteiger partial charge in [0, 0.05) is 43.2 Å². The highest BCUT2D eigenvalue weighted by atomic mass is 16.4. The standard InChI is InChI=1S/C21H33N11O6/c22-13(8-33)17(34)31-15(4-11-6-25-9-28-11)19(36)32-16(5-12-7-26-10-29-12)18(35)30-14(20(37)38)2-1-3-27-21(23)24/h6-7,9-10,13-16,33H,1-5,8,22H2,(H,25,28)(H,26,29)(H,30,35)(H,31,34)(H,32,36)(H,37,38)(H4,23,24,27). The molecule has 0 spiro atoms. The molecule has 2 aromatic rings. The van der Waals surface area contributed by atoms with Crippen LogP contribution in [0.2, 0.25) is 0 Å². The normalized spacial score (nSPS) is 13.9. The van der Waals surface area contributed by atoms with Crippen molar-refractivity contribution in [1.82, 2.24) is 35.9 Å². The van der Waals surface area contributed by atoms with Gasteiger partial charge >= 0.3 is 5.97 Å². The Hall–Kier alpha value is -4.51. The lowest BCUT2D eigenvalue weighted by Crippen LogP contribution is -2.58. The number of rotatable bonds is 16. The smallest absolute Gasteiger partial charge is 0.326 e. The average molecular weight is 536 g/mol. The highest BCUT2D eigenvalue weighted by molar-refractivity contribution is 5.94. The molecular weight excluding hydrogens is 502 g/mol. The van der Waals surface area contributed by atoms with Crippen LogP contribution >= 0.6 is 0 Å². The molecule has 4 unspecified atom stereocenters. The first-order valence-electron chi connectivity index (χ1n) is 11.6. The number of nitrogens with two attached hydrogens (primary N) is 3. The molecule has 0 saturated carbocycles. The molecule has 13 N–H and O–H groups in total. The summed E-state index contributed by atoms with van der Waals surface area (Å²) in [6.45, 7) is -0.476. The minimum atomic E-state index is -1.28. The number of aromatic nitrogens is 4. The maximum atomic E-state index is 13.2. The summed E-state index contributed by atoms with van der Waals surface area (Å²) in [4.78, 5) is 67.6. The van der Waals surface area contributed by atoms with Gasteiger partial charge in [-0.25, -0.2) is 14.8 Å². The molecule has 0 aliphatic rings. The lowest BCUT2D eigenvalue weighted by molar-refractivity contribution is -0.142. The molecule has 208 valence electrons. The van der Waals surface area contributed by atoms with E-state index in [2.05, 4.69) is 40.9 Å². The van der Waals surface area contributed by atoms with Crippen LogP contribution < -0.4 is 33.2 Å². The third-order valence-corrected chi connectivity index (χ3v) is 5.32. The number of aromatic amines is 2. The van der Waals surface area contributed by atoms with E-state index >= 15 is 0 Å². The van der Waals surface area contributed by atoms with E-state index < -0.39 is 54.5 Å². The summed E-state index contributed by atoms with van der Waals surface area (Å²) in [5.74, 6) is -3.73. The van der Waals surface area contributed by atoms with Crippen molar-refractivity contribution in [2.24, 2.45) is 22.2 Å². The van der Waals surface area contributed by atoms with E-state index in [-0.39, 0.29) is 38.2 Å². The molecule has 3 amide bonds. The van der Waals surface area contributed by atoms with Crippen LogP contribution in [0.25, 0.3) is 0 Å². The minimum Gasteiger partial charge on any atom is -0.480 e. The lowest BCUT2D eigenvalue weighted by atomic mass is 10.1. The summed E-state index contributed by atoms with van der Waals surface area (Å²) in [5.41, 5.74) is 17.1. The molecule has 38 heavy (non-hydrogen) atoms. The zero-order valence-corrected chi connectivity index (χ0v) is 20.5. The topological polar surface area (TPSA) is 293 Å². The summed E-state index contributed by atoms with van der Waals surface area (Å²) < 4.78 is 0. The van der Waals surface area contributed by atoms with Crippen molar-refractivity contribution in [3.8, 4) is 0 Å². The van der Waals surface area contributed by atoms with Gasteiger partial charge in [0.05, 0.1) is 19.3 Å². The molecule has 17 heteroatoms. The maximum absolute atomic E-state index is 13.2. The molecule has 2 aromatic heterocycles. The first-order valence-corrected chi connectivity index (χ1v) is 11.6. The minimum absolute atomic E-state index is 0.0279. The zero-order chi connectivity index (χ0) is 28.1. The van der Waals surface area contributed by atoms with E-state index in [0.717, 1.165) is 0 Å². The van der Waals surface area contributed by atoms with Crippen molar-refractivity contribution < 1.29 is 29.4 Å². The van der Waals surface area contributed by atoms with E-state index in [9.17, 15) is 29.4 Å². The number of nitrogens with zero attached hydrogens (tertiary/aromatic N) is 3. The van der Waals surface area contributed by atoms with E-state index in [0.29, 0.717) is 11.4 Å². The van der Waals surface area contributed by atoms with Crippen LogP contribution in [0.5, 0.6) is 0 Å². The molecule has 2 heterocycles. The molecule has 4 atom stereocenters. The van der Waals surface area contributed by atoms with E-state index in [1.165, 1.54) is 25.0 Å². The Kier molecular flexibility index (Phi) is 11.7. The number of carboxylic acid groups (broad SMARTS) is 1. The number of imidazole rings is 2. The van der Waals surface area contributed by atoms with E-state index in [4.69, 9.17) is 17.2 Å². The number of carbonyl (C=O) groups excluding carboxylic acids is 3. The average Bonchev–Trinajstić information content (AvgIpc) is 3.58. The second-order valence-corrected chi connectivity index (χ2v) is 8.32. The number of hydrogen-bond acceptors (Lipinski definition) is 9. The first-order chi connectivity index (χ1) is 18.1. The Morgan fingerprint density at radius 3 is 1.82 bits per heavy atom. The van der Waals surface area contributed by atoms with Gasteiger partial charge in [0.2, 0.25) is 17.7 Å². The van der Waals surface area contributed by atoms with Crippen LogP contribution in [0.4, 0.5) is 0 Å². The highest BCUT2D eigenvalue weighted by Crippen LogP contribution is 2.06. The third-order valence-electron chi connectivity index (χ3n) is 5.32. The Morgan fingerprint density at radius 1 is 0.895 bits per heavy atom. The van der Waals surface area contributed by atoms with Crippen LogP contribution in [0.15, 0.2) is 30.0 Å². The maximum Gasteiger partial charge on any atom is 0.326 e. The number of carboxylic acids is 1. The van der Waals surface area contributed by atoms with Gasteiger partial charge in [-0.05, 0) is 12.8 Å². The fourth-order valence-corrected chi connectivity index (χ4v) is 3.32. The monoisotopic (exact) mass is 535 g/mol. The lowest BCUT2D eigenvalue weighted by Gasteiger charge is -2.24. The number of H-pyrrole nitrogens is 2. The van der Waals surface area contributed by atoms with Crippen molar-refractivity contribution in [3.63, 3.8) is 0 Å². The molecular formula is C21H33N11O6. The van der Waals surface area contributed by atoms with E-state index in [1.54, 1.807) is 0 Å². The molecule has 0 saturated heterocycles. The Morgan fingerprint density at radius 2 is 1.39 bits per heavy atom. The van der Waals surface area contributed by atoms with Crippen LogP contribution in [0, 0.1) is 0 Å². The number of aliphatic imine (C=N–C) groups is 1.